The number of benzene rings is 1. The number of pyridine rings is 1. The fraction of sp³-hybridized carbons (Fsp3) is 0.320. The van der Waals surface area contributed by atoms with Crippen molar-refractivity contribution in [3.8, 4) is 0 Å². The number of carbonyl (C=O) groups excluding carboxylic acids is 2. The number of rotatable bonds is 7. The molecule has 11 nitrogen and oxygen atoms in total. The Morgan fingerprint density at radius 3 is 2.83 bits per heavy atom. The Bertz CT molecular complexity index is 1300. The molecule has 0 radical (unpaired) electrons. The first-order valence-corrected chi connectivity index (χ1v) is 11.9. The average Bonchev–Trinajstić information content (AvgIpc) is 3.30. The van der Waals surface area contributed by atoms with Crippen LogP contribution in [0.3, 0.4) is 0 Å². The zero-order valence-corrected chi connectivity index (χ0v) is 20.2. The summed E-state index contributed by atoms with van der Waals surface area (Å²) >= 11 is 0. The van der Waals surface area contributed by atoms with Crippen molar-refractivity contribution in [2.45, 2.75) is 32.9 Å². The summed E-state index contributed by atoms with van der Waals surface area (Å²) in [6, 6.07) is 11.4. The third kappa shape index (κ3) is 5.20. The topological polar surface area (TPSA) is 133 Å². The minimum absolute atomic E-state index is 0.0595. The molecule has 11 heteroatoms. The molecule has 186 valence electrons. The number of carbonyl (C=O) groups is 2. The Morgan fingerprint density at radius 2 is 2.03 bits per heavy atom. The van der Waals surface area contributed by atoms with Gasteiger partial charge in [0.05, 0.1) is 6.54 Å². The summed E-state index contributed by atoms with van der Waals surface area (Å²) in [6.07, 6.45) is 2.00. The Balaban J connectivity index is 1.43. The molecule has 2 aromatic heterocycles. The third-order valence-corrected chi connectivity index (χ3v) is 5.82. The molecule has 0 atom stereocenters. The van der Waals surface area contributed by atoms with E-state index in [1.54, 1.807) is 18.2 Å². The molecule has 0 unspecified atom stereocenters. The van der Waals surface area contributed by atoms with Crippen LogP contribution < -0.4 is 26.2 Å². The van der Waals surface area contributed by atoms with Gasteiger partial charge in [0.25, 0.3) is 5.91 Å². The zero-order chi connectivity index (χ0) is 25.1. The Kier molecular flexibility index (Phi) is 6.63. The van der Waals surface area contributed by atoms with E-state index in [1.807, 2.05) is 19.9 Å². The zero-order valence-electron chi connectivity index (χ0n) is 20.2. The van der Waals surface area contributed by atoms with Crippen molar-refractivity contribution < 1.29 is 14.3 Å². The maximum absolute atomic E-state index is 12.9. The van der Waals surface area contributed by atoms with Crippen LogP contribution in [0, 0.1) is 0 Å². The summed E-state index contributed by atoms with van der Waals surface area (Å²) in [6.45, 7) is 6.32. The molecular formula is C25H28N8O3. The van der Waals surface area contributed by atoms with Crippen molar-refractivity contribution in [2.24, 2.45) is 0 Å². The maximum Gasteiger partial charge on any atom is 0.415 e. The van der Waals surface area contributed by atoms with Crippen molar-refractivity contribution in [2.75, 3.05) is 35.2 Å². The van der Waals surface area contributed by atoms with Gasteiger partial charge in [0.15, 0.2) is 0 Å². The van der Waals surface area contributed by atoms with Gasteiger partial charge in [-0.25, -0.2) is 14.8 Å². The molecule has 2 aliphatic heterocycles. The summed E-state index contributed by atoms with van der Waals surface area (Å²) in [5.74, 6) is 1.20. The minimum Gasteiger partial charge on any atom is -0.447 e. The van der Waals surface area contributed by atoms with Crippen LogP contribution in [-0.2, 0) is 17.7 Å². The lowest BCUT2D eigenvalue weighted by Gasteiger charge is -2.18. The molecule has 4 heterocycles. The molecule has 0 saturated carbocycles. The Morgan fingerprint density at radius 1 is 1.14 bits per heavy atom. The van der Waals surface area contributed by atoms with Gasteiger partial charge in [-0.15, -0.1) is 0 Å². The van der Waals surface area contributed by atoms with Crippen LogP contribution >= 0.6 is 0 Å². The highest BCUT2D eigenvalue weighted by molar-refractivity contribution is 5.99. The van der Waals surface area contributed by atoms with Crippen LogP contribution in [0.15, 0.2) is 42.6 Å². The van der Waals surface area contributed by atoms with Gasteiger partial charge in [0, 0.05) is 24.5 Å². The Labute approximate surface area is 208 Å². The molecule has 0 aliphatic carbocycles. The third-order valence-electron chi connectivity index (χ3n) is 5.82. The normalized spacial score (nSPS) is 14.9. The lowest BCUT2D eigenvalue weighted by Crippen LogP contribution is -2.31. The van der Waals surface area contributed by atoms with Gasteiger partial charge in [-0.1, -0.05) is 12.1 Å². The van der Waals surface area contributed by atoms with E-state index in [1.165, 1.54) is 22.2 Å². The maximum atomic E-state index is 12.9. The summed E-state index contributed by atoms with van der Waals surface area (Å²) in [7, 11) is 0. The van der Waals surface area contributed by atoms with E-state index < -0.39 is 6.09 Å². The minimum atomic E-state index is -0.439. The largest absolute Gasteiger partial charge is 0.447 e. The first kappa shape index (κ1) is 23.5. The predicted molar refractivity (Wildman–Crippen MR) is 136 cm³/mol. The number of fused-ring (bicyclic) bond motifs is 1. The fourth-order valence-corrected chi connectivity index (χ4v) is 4.09. The number of amides is 2. The van der Waals surface area contributed by atoms with Gasteiger partial charge in [-0.05, 0) is 62.2 Å². The van der Waals surface area contributed by atoms with Gasteiger partial charge >= 0.3 is 6.09 Å². The van der Waals surface area contributed by atoms with E-state index in [-0.39, 0.29) is 17.5 Å². The van der Waals surface area contributed by atoms with Crippen molar-refractivity contribution in [1.29, 1.82) is 0 Å². The molecule has 1 saturated heterocycles. The summed E-state index contributed by atoms with van der Waals surface area (Å²) in [4.78, 5) is 39.8. The molecule has 1 aromatic carbocycles. The molecule has 0 bridgehead atoms. The molecule has 36 heavy (non-hydrogen) atoms. The summed E-state index contributed by atoms with van der Waals surface area (Å²) in [5, 5.41) is 12.6. The molecule has 3 aromatic rings. The lowest BCUT2D eigenvalue weighted by atomic mass is 10.0. The molecular weight excluding hydrogens is 460 g/mol. The quantitative estimate of drug-likeness (QED) is 0.396. The van der Waals surface area contributed by atoms with Gasteiger partial charge in [0.1, 0.15) is 29.6 Å². The number of cyclic esters (lactones) is 1. The van der Waals surface area contributed by atoms with E-state index in [2.05, 4.69) is 48.4 Å². The second kappa shape index (κ2) is 10.2. The van der Waals surface area contributed by atoms with Gasteiger partial charge in [-0.3, -0.25) is 9.69 Å². The van der Waals surface area contributed by atoms with E-state index >= 15 is 0 Å². The smallest absolute Gasteiger partial charge is 0.415 e. The van der Waals surface area contributed by atoms with Gasteiger partial charge in [-0.2, -0.15) is 4.98 Å². The van der Waals surface area contributed by atoms with Crippen LogP contribution in [0.2, 0.25) is 0 Å². The average molecular weight is 489 g/mol. The SMILES string of the molecule is CC(C)NC(=O)c1cnc(Nc2ccc3c(c2)CCNC3)nc1Nc1cccc(N2CCOC2=O)n1. The van der Waals surface area contributed by atoms with Crippen molar-refractivity contribution in [3.63, 3.8) is 0 Å². The van der Waals surface area contributed by atoms with Crippen LogP contribution in [0.4, 0.5) is 33.9 Å². The highest BCUT2D eigenvalue weighted by Gasteiger charge is 2.25. The summed E-state index contributed by atoms with van der Waals surface area (Å²) in [5.41, 5.74) is 3.71. The van der Waals surface area contributed by atoms with Crippen LogP contribution in [0.25, 0.3) is 0 Å². The predicted octanol–water partition coefficient (Wildman–Crippen LogP) is 3.10. The molecule has 1 fully saturated rings. The highest BCUT2D eigenvalue weighted by atomic mass is 16.6. The fourth-order valence-electron chi connectivity index (χ4n) is 4.09. The Hall–Kier alpha value is -4.25. The monoisotopic (exact) mass is 488 g/mol. The summed E-state index contributed by atoms with van der Waals surface area (Å²) < 4.78 is 5.01. The molecule has 2 amide bonds. The number of anilines is 5. The number of hydrogen-bond acceptors (Lipinski definition) is 9. The standard InChI is InChI=1S/C25H28N8O3/c1-15(2)28-23(34)19-14-27-24(29-18-7-6-17-13-26-9-8-16(17)12-18)32-22(19)31-20-4-3-5-21(30-20)33-10-11-36-25(33)35/h3-7,12,14-15,26H,8-11,13H2,1-2H3,(H,28,34)(H2,27,29,30,31,32). The van der Waals surface area contributed by atoms with Gasteiger partial charge in [0.2, 0.25) is 5.95 Å². The van der Waals surface area contributed by atoms with Crippen molar-refractivity contribution in [1.82, 2.24) is 25.6 Å². The molecule has 5 rings (SSSR count). The number of nitrogens with zero attached hydrogens (tertiary/aromatic N) is 4. The van der Waals surface area contributed by atoms with E-state index in [0.717, 1.165) is 25.2 Å². The molecule has 0 spiro atoms. The number of hydrogen-bond donors (Lipinski definition) is 4. The van der Waals surface area contributed by atoms with Crippen LogP contribution in [0.5, 0.6) is 0 Å². The number of nitrogens with one attached hydrogen (secondary N) is 4. The number of aromatic nitrogens is 3. The first-order valence-electron chi connectivity index (χ1n) is 11.9. The lowest BCUT2D eigenvalue weighted by molar-refractivity contribution is 0.0943. The second-order valence-corrected chi connectivity index (χ2v) is 8.89. The van der Waals surface area contributed by atoms with Crippen molar-refractivity contribution >= 4 is 41.1 Å². The molecule has 4 N–H and O–H groups in total. The van der Waals surface area contributed by atoms with E-state index in [4.69, 9.17) is 4.74 Å². The van der Waals surface area contributed by atoms with Gasteiger partial charge < -0.3 is 26.0 Å². The van der Waals surface area contributed by atoms with E-state index in [9.17, 15) is 9.59 Å². The second-order valence-electron chi connectivity index (χ2n) is 8.89. The van der Waals surface area contributed by atoms with E-state index in [0.29, 0.717) is 36.6 Å². The molecule has 2 aliphatic rings. The highest BCUT2D eigenvalue weighted by Crippen LogP contribution is 2.25. The van der Waals surface area contributed by atoms with Crippen molar-refractivity contribution in [3.05, 3.63) is 59.3 Å². The number of ether oxygens (including phenoxy) is 1. The van der Waals surface area contributed by atoms with Crippen LogP contribution in [0.1, 0.15) is 35.3 Å². The first-order chi connectivity index (χ1) is 17.5. The van der Waals surface area contributed by atoms with Crippen LogP contribution in [-0.4, -0.2) is 52.7 Å².